The molecule has 8 heteroatoms. The van der Waals surface area contributed by atoms with Gasteiger partial charge < -0.3 is 14.1 Å². The van der Waals surface area contributed by atoms with Gasteiger partial charge in [0.05, 0.1) is 12.3 Å². The molecule has 1 amide bonds. The summed E-state index contributed by atoms with van der Waals surface area (Å²) in [5, 5.41) is 7.75. The Morgan fingerprint density at radius 2 is 2.12 bits per heavy atom. The van der Waals surface area contributed by atoms with Crippen LogP contribution in [0.2, 0.25) is 0 Å². The molecular weight excluding hydrogens is 322 g/mol. The molecule has 2 fully saturated rings. The van der Waals surface area contributed by atoms with Crippen LogP contribution in [-0.2, 0) is 4.79 Å². The van der Waals surface area contributed by atoms with Crippen LogP contribution in [0.1, 0.15) is 31.1 Å². The zero-order chi connectivity index (χ0) is 17.1. The third-order valence-electron chi connectivity index (χ3n) is 4.68. The molecule has 0 aliphatic carbocycles. The lowest BCUT2D eigenvalue weighted by Gasteiger charge is -2.33. The van der Waals surface area contributed by atoms with Crippen molar-refractivity contribution in [2.75, 3.05) is 13.1 Å². The zero-order valence-electron chi connectivity index (χ0n) is 13.8. The fourth-order valence-corrected chi connectivity index (χ4v) is 3.33. The number of aromatic nitrogens is 2. The van der Waals surface area contributed by atoms with Crippen LogP contribution in [0.4, 0.5) is 0 Å². The quantitative estimate of drug-likeness (QED) is 0.857. The van der Waals surface area contributed by atoms with E-state index in [1.54, 1.807) is 24.6 Å². The Morgan fingerprint density at radius 1 is 1.24 bits per heavy atom. The van der Waals surface area contributed by atoms with E-state index in [9.17, 15) is 4.79 Å². The molecule has 4 heterocycles. The van der Waals surface area contributed by atoms with Crippen molar-refractivity contribution < 1.29 is 13.9 Å². The average molecular weight is 343 g/mol. The van der Waals surface area contributed by atoms with E-state index in [4.69, 9.17) is 9.15 Å². The smallest absolute Gasteiger partial charge is 0.241 e. The largest absolute Gasteiger partial charge is 0.473 e. The first-order valence-electron chi connectivity index (χ1n) is 8.57. The van der Waals surface area contributed by atoms with E-state index in [-0.39, 0.29) is 24.1 Å². The highest BCUT2D eigenvalue weighted by molar-refractivity contribution is 5.82. The Hall–Kier alpha value is -2.45. The Morgan fingerprint density at radius 3 is 2.84 bits per heavy atom. The zero-order valence-corrected chi connectivity index (χ0v) is 13.8. The number of furan rings is 1. The molecule has 2 aromatic rings. The van der Waals surface area contributed by atoms with Gasteiger partial charge in [0, 0.05) is 38.2 Å². The molecule has 2 aliphatic rings. The lowest BCUT2D eigenvalue weighted by Crippen LogP contribution is -2.49. The van der Waals surface area contributed by atoms with Crippen molar-refractivity contribution in [1.82, 2.24) is 25.9 Å². The molecule has 0 spiro atoms. The number of hydrogen-bond donors (Lipinski definition) is 2. The van der Waals surface area contributed by atoms with Gasteiger partial charge in [-0.1, -0.05) is 0 Å². The van der Waals surface area contributed by atoms with E-state index in [0.29, 0.717) is 25.4 Å². The first-order chi connectivity index (χ1) is 12.3. The minimum absolute atomic E-state index is 0.0291. The molecule has 2 aromatic heterocycles. The van der Waals surface area contributed by atoms with E-state index >= 15 is 0 Å². The Labute approximate surface area is 145 Å². The number of rotatable bonds is 4. The summed E-state index contributed by atoms with van der Waals surface area (Å²) in [6.45, 7) is 1.38. The van der Waals surface area contributed by atoms with Gasteiger partial charge in [0.25, 0.3) is 0 Å². The van der Waals surface area contributed by atoms with E-state index in [1.807, 2.05) is 17.0 Å². The van der Waals surface area contributed by atoms with Crippen LogP contribution in [0.25, 0.3) is 0 Å². The van der Waals surface area contributed by atoms with E-state index in [2.05, 4.69) is 21.0 Å². The van der Waals surface area contributed by atoms with Gasteiger partial charge in [-0.25, -0.2) is 10.9 Å². The number of amides is 1. The van der Waals surface area contributed by atoms with Crippen molar-refractivity contribution in [3.05, 3.63) is 42.5 Å². The van der Waals surface area contributed by atoms with Gasteiger partial charge in [-0.2, -0.15) is 5.10 Å². The monoisotopic (exact) mass is 343 g/mol. The van der Waals surface area contributed by atoms with Gasteiger partial charge in [-0.15, -0.1) is 5.10 Å². The highest BCUT2D eigenvalue weighted by atomic mass is 16.5. The second-order valence-electron chi connectivity index (χ2n) is 6.35. The van der Waals surface area contributed by atoms with Crippen LogP contribution in [0.15, 0.2) is 41.1 Å². The molecule has 2 saturated heterocycles. The number of hydrogen-bond acceptors (Lipinski definition) is 7. The third-order valence-corrected chi connectivity index (χ3v) is 4.68. The van der Waals surface area contributed by atoms with Crippen LogP contribution >= 0.6 is 0 Å². The van der Waals surface area contributed by atoms with Gasteiger partial charge in [-0.3, -0.25) is 4.79 Å². The molecular formula is C17H21N5O3. The third kappa shape index (κ3) is 3.64. The normalized spacial score (nSPS) is 24.4. The Kier molecular flexibility index (Phi) is 4.62. The topological polar surface area (TPSA) is 92.5 Å². The molecule has 8 nitrogen and oxygen atoms in total. The van der Waals surface area contributed by atoms with E-state index in [0.717, 1.165) is 18.6 Å². The number of piperidine rings is 1. The summed E-state index contributed by atoms with van der Waals surface area (Å²) in [5.74, 6) is 1.51. The first-order valence-corrected chi connectivity index (χ1v) is 8.57. The Balaban J connectivity index is 1.27. The van der Waals surface area contributed by atoms with E-state index in [1.165, 1.54) is 0 Å². The second-order valence-corrected chi connectivity index (χ2v) is 6.35. The summed E-state index contributed by atoms with van der Waals surface area (Å²) < 4.78 is 11.2. The van der Waals surface area contributed by atoms with Crippen molar-refractivity contribution in [3.8, 4) is 5.88 Å². The Bertz CT molecular complexity index is 686. The lowest BCUT2D eigenvalue weighted by molar-refractivity contribution is -0.135. The SMILES string of the molecule is O=C(C1CC(c2ccco2)NN1)N1CCC(Oc2cccnn2)CC1. The summed E-state index contributed by atoms with van der Waals surface area (Å²) in [6.07, 6.45) is 5.61. The molecule has 2 N–H and O–H groups in total. The van der Waals surface area contributed by atoms with Crippen molar-refractivity contribution in [1.29, 1.82) is 0 Å². The first kappa shape index (κ1) is 16.0. The number of ether oxygens (including phenoxy) is 1. The lowest BCUT2D eigenvalue weighted by atomic mass is 10.0. The van der Waals surface area contributed by atoms with Crippen LogP contribution in [0.5, 0.6) is 5.88 Å². The summed E-state index contributed by atoms with van der Waals surface area (Å²) >= 11 is 0. The number of hydrazine groups is 1. The fraction of sp³-hybridized carbons (Fsp3) is 0.471. The second kappa shape index (κ2) is 7.20. The minimum atomic E-state index is -0.229. The minimum Gasteiger partial charge on any atom is -0.473 e. The summed E-state index contributed by atoms with van der Waals surface area (Å²) in [4.78, 5) is 14.6. The molecule has 4 rings (SSSR count). The molecule has 0 radical (unpaired) electrons. The van der Waals surface area contributed by atoms with Crippen molar-refractivity contribution >= 4 is 5.91 Å². The van der Waals surface area contributed by atoms with Crippen molar-refractivity contribution in [2.45, 2.75) is 37.5 Å². The molecule has 2 unspecified atom stereocenters. The van der Waals surface area contributed by atoms with Crippen LogP contribution in [0.3, 0.4) is 0 Å². The molecule has 0 aromatic carbocycles. The number of nitrogens with one attached hydrogen (secondary N) is 2. The van der Waals surface area contributed by atoms with Gasteiger partial charge in [0.1, 0.15) is 17.9 Å². The molecule has 132 valence electrons. The van der Waals surface area contributed by atoms with Crippen LogP contribution in [-0.4, -0.2) is 46.2 Å². The highest BCUT2D eigenvalue weighted by Gasteiger charge is 2.35. The average Bonchev–Trinajstić information content (AvgIpc) is 3.34. The van der Waals surface area contributed by atoms with Gasteiger partial charge in [-0.05, 0) is 24.6 Å². The van der Waals surface area contributed by atoms with Crippen molar-refractivity contribution in [2.24, 2.45) is 0 Å². The fourth-order valence-electron chi connectivity index (χ4n) is 3.33. The number of likely N-dealkylation sites (tertiary alicyclic amines) is 1. The van der Waals surface area contributed by atoms with Crippen LogP contribution in [0, 0.1) is 0 Å². The maximum absolute atomic E-state index is 12.7. The number of carbonyl (C=O) groups excluding carboxylic acids is 1. The molecule has 25 heavy (non-hydrogen) atoms. The van der Waals surface area contributed by atoms with Crippen molar-refractivity contribution in [3.63, 3.8) is 0 Å². The van der Waals surface area contributed by atoms with Gasteiger partial charge in [0.15, 0.2) is 0 Å². The number of nitrogens with zero attached hydrogens (tertiary/aromatic N) is 3. The maximum atomic E-state index is 12.7. The van der Waals surface area contributed by atoms with E-state index < -0.39 is 0 Å². The predicted molar refractivity (Wildman–Crippen MR) is 88.4 cm³/mol. The molecule has 2 atom stereocenters. The molecule has 0 bridgehead atoms. The highest BCUT2D eigenvalue weighted by Crippen LogP contribution is 2.24. The summed E-state index contributed by atoms with van der Waals surface area (Å²) in [6, 6.07) is 7.17. The predicted octanol–water partition coefficient (Wildman–Crippen LogP) is 1.05. The van der Waals surface area contributed by atoms with Crippen LogP contribution < -0.4 is 15.6 Å². The number of carbonyl (C=O) groups is 1. The summed E-state index contributed by atoms with van der Waals surface area (Å²) in [7, 11) is 0. The van der Waals surface area contributed by atoms with Gasteiger partial charge >= 0.3 is 0 Å². The van der Waals surface area contributed by atoms with Gasteiger partial charge in [0.2, 0.25) is 11.8 Å². The molecule has 2 aliphatic heterocycles. The molecule has 0 saturated carbocycles. The summed E-state index contributed by atoms with van der Waals surface area (Å²) in [5.41, 5.74) is 6.23. The standard InChI is InChI=1S/C17H21N5O3/c23-17(14-11-13(19-20-14)15-3-2-10-24-15)22-8-5-12(6-9-22)25-16-4-1-7-18-21-16/h1-4,7,10,12-14,19-20H,5-6,8-9,11H2. The maximum Gasteiger partial charge on any atom is 0.241 e.